The summed E-state index contributed by atoms with van der Waals surface area (Å²) < 4.78 is 0. The average molecular weight is 258 g/mol. The molecule has 2 nitrogen and oxygen atoms in total. The van der Waals surface area contributed by atoms with Crippen LogP contribution in [0.5, 0.6) is 0 Å². The lowest BCUT2D eigenvalue weighted by Gasteiger charge is -2.08. The van der Waals surface area contributed by atoms with E-state index in [9.17, 15) is 0 Å². The van der Waals surface area contributed by atoms with Crippen LogP contribution in [0, 0.1) is 6.92 Å². The van der Waals surface area contributed by atoms with Crippen LogP contribution in [-0.4, -0.2) is 4.98 Å². The van der Waals surface area contributed by atoms with Crippen LogP contribution in [0.2, 0.25) is 0 Å². The molecule has 0 saturated carbocycles. The third-order valence-electron chi connectivity index (χ3n) is 2.39. The van der Waals surface area contributed by atoms with E-state index in [-0.39, 0.29) is 0 Å². The minimum Gasteiger partial charge on any atom is -0.326 e. The van der Waals surface area contributed by atoms with Crippen LogP contribution in [0.1, 0.15) is 44.5 Å². The quantitative estimate of drug-likeness (QED) is 0.812. The number of nitrogens with two attached hydrogens (primary N) is 1. The molecule has 0 fully saturated rings. The van der Waals surface area contributed by atoms with E-state index in [1.807, 2.05) is 52.1 Å². The largest absolute Gasteiger partial charge is 0.326 e. The Bertz CT molecular complexity index is 468. The minimum atomic E-state index is 0.525. The summed E-state index contributed by atoms with van der Waals surface area (Å²) in [5.74, 6) is 0. The van der Waals surface area contributed by atoms with Gasteiger partial charge in [-0.3, -0.25) is 4.98 Å². The Morgan fingerprint density at radius 1 is 1.42 bits per heavy atom. The Morgan fingerprint density at radius 2 is 2.05 bits per heavy atom. The average Bonchev–Trinajstić information content (AvgIpc) is 2.40. The van der Waals surface area contributed by atoms with Gasteiger partial charge in [0, 0.05) is 18.3 Å². The summed E-state index contributed by atoms with van der Waals surface area (Å²) in [7, 11) is 0. The summed E-state index contributed by atoms with van der Waals surface area (Å²) in [6.45, 7) is 14.5. The molecule has 104 valence electrons. The lowest BCUT2D eigenvalue weighted by Crippen LogP contribution is -2.00. The molecule has 0 bridgehead atoms. The predicted octanol–water partition coefficient (Wildman–Crippen LogP) is 4.41. The van der Waals surface area contributed by atoms with E-state index in [1.165, 1.54) is 0 Å². The second kappa shape index (κ2) is 9.29. The van der Waals surface area contributed by atoms with Gasteiger partial charge in [-0.2, -0.15) is 0 Å². The number of aryl methyl sites for hydroxylation is 1. The van der Waals surface area contributed by atoms with Gasteiger partial charge in [0.25, 0.3) is 0 Å². The third kappa shape index (κ3) is 5.66. The van der Waals surface area contributed by atoms with Gasteiger partial charge in [0.05, 0.1) is 5.69 Å². The van der Waals surface area contributed by atoms with Crippen LogP contribution in [-0.2, 0) is 6.54 Å². The lowest BCUT2D eigenvalue weighted by atomic mass is 10.0. The summed E-state index contributed by atoms with van der Waals surface area (Å²) in [5, 5.41) is 0. The zero-order chi connectivity index (χ0) is 14.8. The highest BCUT2D eigenvalue weighted by Gasteiger charge is 2.04. The standard InChI is InChI=1S/C15H20N2.C2H6/c1-5-6-14(7-11(2)3)15-12(4)8-13(9-16)10-17-15;1-2/h5-8,10H,2,9,16H2,1,3-4H3;1-2H3/b6-5-,14-7+;. The first-order valence-corrected chi connectivity index (χ1v) is 6.74. The number of nitrogens with zero attached hydrogens (tertiary/aromatic N) is 1. The molecule has 0 spiro atoms. The van der Waals surface area contributed by atoms with Crippen molar-refractivity contribution in [3.05, 3.63) is 59.5 Å². The molecule has 0 aliphatic heterocycles. The summed E-state index contributed by atoms with van der Waals surface area (Å²) in [6.07, 6.45) is 7.93. The molecule has 1 rings (SSSR count). The van der Waals surface area contributed by atoms with Gasteiger partial charge in [0.15, 0.2) is 0 Å². The van der Waals surface area contributed by atoms with Crippen molar-refractivity contribution in [2.45, 2.75) is 41.2 Å². The highest BCUT2D eigenvalue weighted by atomic mass is 14.7. The van der Waals surface area contributed by atoms with Gasteiger partial charge >= 0.3 is 0 Å². The van der Waals surface area contributed by atoms with Crippen molar-refractivity contribution >= 4 is 5.57 Å². The smallest absolute Gasteiger partial charge is 0.0731 e. The molecule has 0 unspecified atom stereocenters. The molecule has 0 saturated heterocycles. The Morgan fingerprint density at radius 3 is 2.47 bits per heavy atom. The number of pyridine rings is 1. The first-order chi connectivity index (χ1) is 9.08. The highest BCUT2D eigenvalue weighted by Crippen LogP contribution is 2.20. The number of aromatic nitrogens is 1. The SMILES string of the molecule is C=C(C)/C=C(\C=C/C)c1ncc(CN)cc1C.CC. The van der Waals surface area contributed by atoms with E-state index in [4.69, 9.17) is 5.73 Å². The molecule has 0 aliphatic carbocycles. The number of rotatable bonds is 4. The molecule has 19 heavy (non-hydrogen) atoms. The third-order valence-corrected chi connectivity index (χ3v) is 2.39. The fraction of sp³-hybridized carbons (Fsp3) is 0.353. The number of hydrogen-bond acceptors (Lipinski definition) is 2. The van der Waals surface area contributed by atoms with Gasteiger partial charge in [0.2, 0.25) is 0 Å². The number of allylic oxidation sites excluding steroid dienone is 5. The fourth-order valence-corrected chi connectivity index (χ4v) is 1.69. The van der Waals surface area contributed by atoms with Gasteiger partial charge in [-0.1, -0.05) is 50.3 Å². The Balaban J connectivity index is 0.00000154. The molecular formula is C17H26N2. The van der Waals surface area contributed by atoms with Crippen molar-refractivity contribution in [1.29, 1.82) is 0 Å². The Hall–Kier alpha value is -1.67. The van der Waals surface area contributed by atoms with E-state index in [0.29, 0.717) is 6.54 Å². The van der Waals surface area contributed by atoms with E-state index in [1.54, 1.807) is 0 Å². The van der Waals surface area contributed by atoms with Gasteiger partial charge in [-0.15, -0.1) is 0 Å². The van der Waals surface area contributed by atoms with Crippen molar-refractivity contribution < 1.29 is 0 Å². The molecule has 0 atom stereocenters. The summed E-state index contributed by atoms with van der Waals surface area (Å²) >= 11 is 0. The van der Waals surface area contributed by atoms with E-state index in [2.05, 4.69) is 24.6 Å². The molecule has 2 heteroatoms. The van der Waals surface area contributed by atoms with E-state index < -0.39 is 0 Å². The van der Waals surface area contributed by atoms with Crippen LogP contribution in [0.4, 0.5) is 0 Å². The monoisotopic (exact) mass is 258 g/mol. The van der Waals surface area contributed by atoms with Crippen molar-refractivity contribution in [3.8, 4) is 0 Å². The summed E-state index contributed by atoms with van der Waals surface area (Å²) in [6, 6.07) is 2.08. The second-order valence-electron chi connectivity index (χ2n) is 4.16. The molecule has 2 N–H and O–H groups in total. The maximum absolute atomic E-state index is 5.60. The Kier molecular flexibility index (Phi) is 8.47. The van der Waals surface area contributed by atoms with Crippen LogP contribution >= 0.6 is 0 Å². The van der Waals surface area contributed by atoms with Gasteiger partial charge in [-0.25, -0.2) is 0 Å². The molecule has 0 aliphatic rings. The van der Waals surface area contributed by atoms with Crippen LogP contribution < -0.4 is 5.73 Å². The fourth-order valence-electron chi connectivity index (χ4n) is 1.69. The molecule has 0 amide bonds. The molecule has 0 radical (unpaired) electrons. The van der Waals surface area contributed by atoms with E-state index in [0.717, 1.165) is 28.0 Å². The highest BCUT2D eigenvalue weighted by molar-refractivity contribution is 5.75. The van der Waals surface area contributed by atoms with Crippen LogP contribution in [0.3, 0.4) is 0 Å². The number of hydrogen-bond donors (Lipinski definition) is 1. The summed E-state index contributed by atoms with van der Waals surface area (Å²) in [5.41, 5.74) is 10.9. The molecular weight excluding hydrogens is 232 g/mol. The normalized spacial score (nSPS) is 11.2. The van der Waals surface area contributed by atoms with Gasteiger partial charge in [0.1, 0.15) is 0 Å². The maximum Gasteiger partial charge on any atom is 0.0731 e. The zero-order valence-electron chi connectivity index (χ0n) is 12.8. The maximum atomic E-state index is 5.60. The van der Waals surface area contributed by atoms with Crippen molar-refractivity contribution in [2.75, 3.05) is 0 Å². The van der Waals surface area contributed by atoms with Gasteiger partial charge < -0.3 is 5.73 Å². The Labute approximate surface area is 117 Å². The van der Waals surface area contributed by atoms with Crippen molar-refractivity contribution in [1.82, 2.24) is 4.98 Å². The van der Waals surface area contributed by atoms with Gasteiger partial charge in [-0.05, 0) is 31.9 Å². The first kappa shape index (κ1) is 17.3. The van der Waals surface area contributed by atoms with Crippen LogP contribution in [0.25, 0.3) is 5.57 Å². The molecule has 1 aromatic heterocycles. The second-order valence-corrected chi connectivity index (χ2v) is 4.16. The van der Waals surface area contributed by atoms with Crippen molar-refractivity contribution in [3.63, 3.8) is 0 Å². The van der Waals surface area contributed by atoms with Crippen molar-refractivity contribution in [2.24, 2.45) is 5.73 Å². The topological polar surface area (TPSA) is 38.9 Å². The lowest BCUT2D eigenvalue weighted by molar-refractivity contribution is 1.03. The first-order valence-electron chi connectivity index (χ1n) is 6.74. The van der Waals surface area contributed by atoms with Crippen LogP contribution in [0.15, 0.2) is 42.6 Å². The predicted molar refractivity (Wildman–Crippen MR) is 85.8 cm³/mol. The molecule has 1 aromatic rings. The van der Waals surface area contributed by atoms with E-state index >= 15 is 0 Å². The molecule has 1 heterocycles. The minimum absolute atomic E-state index is 0.525. The zero-order valence-corrected chi connectivity index (χ0v) is 12.8. The molecule has 0 aromatic carbocycles. The summed E-state index contributed by atoms with van der Waals surface area (Å²) in [4.78, 5) is 4.48.